The maximum Gasteiger partial charge on any atom is 0.337 e. The molecule has 1 aromatic carbocycles. The van der Waals surface area contributed by atoms with Gasteiger partial charge in [-0.1, -0.05) is 6.92 Å². The van der Waals surface area contributed by atoms with Gasteiger partial charge in [-0.2, -0.15) is 0 Å². The molecule has 1 saturated carbocycles. The van der Waals surface area contributed by atoms with Crippen LogP contribution in [0.2, 0.25) is 0 Å². The molecule has 2 unspecified atom stereocenters. The van der Waals surface area contributed by atoms with E-state index in [-0.39, 0.29) is 5.56 Å². The molecule has 2 atom stereocenters. The molecule has 1 aliphatic rings. The van der Waals surface area contributed by atoms with Crippen LogP contribution in [0.4, 0.5) is 10.1 Å². The van der Waals surface area contributed by atoms with Crippen LogP contribution in [0.25, 0.3) is 0 Å². The number of carboxylic acid groups (broad SMARTS) is 1. The molecule has 15 heavy (non-hydrogen) atoms. The van der Waals surface area contributed by atoms with Crippen LogP contribution in [-0.2, 0) is 0 Å². The van der Waals surface area contributed by atoms with Gasteiger partial charge in [0.2, 0.25) is 0 Å². The fourth-order valence-corrected chi connectivity index (χ4v) is 1.54. The maximum absolute atomic E-state index is 12.8. The van der Waals surface area contributed by atoms with Crippen LogP contribution in [0.3, 0.4) is 0 Å². The van der Waals surface area contributed by atoms with Crippen molar-refractivity contribution < 1.29 is 14.3 Å². The van der Waals surface area contributed by atoms with Gasteiger partial charge in [0.25, 0.3) is 0 Å². The van der Waals surface area contributed by atoms with Gasteiger partial charge in [0.05, 0.1) is 5.56 Å². The first-order valence-corrected chi connectivity index (χ1v) is 4.87. The normalized spacial score (nSPS) is 23.6. The third-order valence-electron chi connectivity index (χ3n) is 2.66. The molecule has 0 amide bonds. The summed E-state index contributed by atoms with van der Waals surface area (Å²) in [5.74, 6) is -1.07. The molecule has 2 rings (SSSR count). The number of hydrogen-bond donors (Lipinski definition) is 2. The van der Waals surface area contributed by atoms with Crippen LogP contribution in [0, 0.1) is 11.7 Å². The molecular weight excluding hydrogens is 197 g/mol. The lowest BCUT2D eigenvalue weighted by Gasteiger charge is -2.08. The van der Waals surface area contributed by atoms with Crippen molar-refractivity contribution in [2.75, 3.05) is 5.32 Å². The number of benzene rings is 1. The van der Waals surface area contributed by atoms with Gasteiger partial charge in [0.15, 0.2) is 0 Å². The van der Waals surface area contributed by atoms with E-state index in [0.29, 0.717) is 17.6 Å². The molecular formula is C11H12FNO2. The fourth-order valence-electron chi connectivity index (χ4n) is 1.54. The minimum atomic E-state index is -1.11. The van der Waals surface area contributed by atoms with E-state index in [1.165, 1.54) is 12.1 Å². The van der Waals surface area contributed by atoms with Crippen molar-refractivity contribution in [1.29, 1.82) is 0 Å². The number of anilines is 1. The van der Waals surface area contributed by atoms with Gasteiger partial charge in [-0.05, 0) is 30.5 Å². The molecule has 3 nitrogen and oxygen atoms in total. The van der Waals surface area contributed by atoms with Gasteiger partial charge < -0.3 is 10.4 Å². The quantitative estimate of drug-likeness (QED) is 0.803. The van der Waals surface area contributed by atoms with E-state index in [1.54, 1.807) is 0 Å². The van der Waals surface area contributed by atoms with Crippen molar-refractivity contribution in [2.24, 2.45) is 5.92 Å². The first kappa shape index (κ1) is 9.96. The Hall–Kier alpha value is -1.58. The van der Waals surface area contributed by atoms with Crippen LogP contribution in [0.1, 0.15) is 23.7 Å². The zero-order valence-corrected chi connectivity index (χ0v) is 8.33. The molecule has 0 aromatic heterocycles. The summed E-state index contributed by atoms with van der Waals surface area (Å²) >= 11 is 0. The first-order chi connectivity index (χ1) is 7.08. The van der Waals surface area contributed by atoms with Crippen molar-refractivity contribution in [1.82, 2.24) is 0 Å². The molecule has 0 bridgehead atoms. The SMILES string of the molecule is CC1CC1Nc1ccc(F)cc1C(=O)O. The predicted molar refractivity (Wildman–Crippen MR) is 54.6 cm³/mol. The first-order valence-electron chi connectivity index (χ1n) is 4.87. The second-order valence-electron chi connectivity index (χ2n) is 3.96. The average Bonchev–Trinajstić information content (AvgIpc) is 2.85. The van der Waals surface area contributed by atoms with E-state index < -0.39 is 11.8 Å². The maximum atomic E-state index is 12.8. The zero-order chi connectivity index (χ0) is 11.0. The summed E-state index contributed by atoms with van der Waals surface area (Å²) in [7, 11) is 0. The summed E-state index contributed by atoms with van der Waals surface area (Å²) in [5.41, 5.74) is 0.493. The van der Waals surface area contributed by atoms with Crippen molar-refractivity contribution in [3.63, 3.8) is 0 Å². The van der Waals surface area contributed by atoms with Gasteiger partial charge >= 0.3 is 5.97 Å². The fraction of sp³-hybridized carbons (Fsp3) is 0.364. The second kappa shape index (κ2) is 3.53. The molecule has 4 heteroatoms. The lowest BCUT2D eigenvalue weighted by Crippen LogP contribution is -2.09. The lowest BCUT2D eigenvalue weighted by molar-refractivity contribution is 0.0697. The number of rotatable bonds is 3. The highest BCUT2D eigenvalue weighted by Gasteiger charge is 2.33. The van der Waals surface area contributed by atoms with Gasteiger partial charge in [-0.3, -0.25) is 0 Å². The van der Waals surface area contributed by atoms with E-state index >= 15 is 0 Å². The highest BCUT2D eigenvalue weighted by Crippen LogP contribution is 2.33. The van der Waals surface area contributed by atoms with Crippen molar-refractivity contribution in [2.45, 2.75) is 19.4 Å². The van der Waals surface area contributed by atoms with E-state index in [4.69, 9.17) is 5.11 Å². The summed E-state index contributed by atoms with van der Waals surface area (Å²) in [6.45, 7) is 2.08. The van der Waals surface area contributed by atoms with Crippen LogP contribution < -0.4 is 5.32 Å². The van der Waals surface area contributed by atoms with Crippen molar-refractivity contribution in [3.05, 3.63) is 29.6 Å². The van der Waals surface area contributed by atoms with E-state index in [9.17, 15) is 9.18 Å². The Morgan fingerprint density at radius 1 is 1.60 bits per heavy atom. The Bertz CT molecular complexity index is 406. The average molecular weight is 209 g/mol. The number of carboxylic acids is 1. The third-order valence-corrected chi connectivity index (χ3v) is 2.66. The molecule has 0 radical (unpaired) electrons. The highest BCUT2D eigenvalue weighted by atomic mass is 19.1. The van der Waals surface area contributed by atoms with E-state index in [0.717, 1.165) is 12.5 Å². The summed E-state index contributed by atoms with van der Waals surface area (Å²) in [6.07, 6.45) is 1.04. The minimum Gasteiger partial charge on any atom is -0.478 e. The summed E-state index contributed by atoms with van der Waals surface area (Å²) < 4.78 is 12.8. The Labute approximate surface area is 86.9 Å². The molecule has 0 heterocycles. The summed E-state index contributed by atoms with van der Waals surface area (Å²) in [6, 6.07) is 4.11. The lowest BCUT2D eigenvalue weighted by atomic mass is 10.1. The van der Waals surface area contributed by atoms with E-state index in [2.05, 4.69) is 12.2 Å². The Morgan fingerprint density at radius 3 is 2.80 bits per heavy atom. The summed E-state index contributed by atoms with van der Waals surface area (Å²) in [4.78, 5) is 10.9. The van der Waals surface area contributed by atoms with Crippen LogP contribution >= 0.6 is 0 Å². The smallest absolute Gasteiger partial charge is 0.337 e. The number of carbonyl (C=O) groups is 1. The van der Waals surface area contributed by atoms with Gasteiger partial charge in [0.1, 0.15) is 5.82 Å². The molecule has 0 spiro atoms. The van der Waals surface area contributed by atoms with Crippen molar-refractivity contribution in [3.8, 4) is 0 Å². The number of hydrogen-bond acceptors (Lipinski definition) is 2. The second-order valence-corrected chi connectivity index (χ2v) is 3.96. The Morgan fingerprint density at radius 2 is 2.27 bits per heavy atom. The molecule has 1 aromatic rings. The number of nitrogens with one attached hydrogen (secondary N) is 1. The van der Waals surface area contributed by atoms with Crippen LogP contribution in [-0.4, -0.2) is 17.1 Å². The van der Waals surface area contributed by atoms with Crippen LogP contribution in [0.15, 0.2) is 18.2 Å². The molecule has 1 fully saturated rings. The predicted octanol–water partition coefficient (Wildman–Crippen LogP) is 2.34. The highest BCUT2D eigenvalue weighted by molar-refractivity contribution is 5.94. The topological polar surface area (TPSA) is 49.3 Å². The monoisotopic (exact) mass is 209 g/mol. The van der Waals surface area contributed by atoms with Gasteiger partial charge in [-0.15, -0.1) is 0 Å². The summed E-state index contributed by atoms with van der Waals surface area (Å²) in [5, 5.41) is 12.0. The molecule has 1 aliphatic carbocycles. The standard InChI is InChI=1S/C11H12FNO2/c1-6-4-10(6)13-9-3-2-7(12)5-8(9)11(14)15/h2-3,5-6,10,13H,4H2,1H3,(H,14,15). The van der Waals surface area contributed by atoms with Gasteiger partial charge in [0, 0.05) is 11.7 Å². The Kier molecular flexibility index (Phi) is 2.34. The number of aromatic carboxylic acids is 1. The molecule has 2 N–H and O–H groups in total. The largest absolute Gasteiger partial charge is 0.478 e. The van der Waals surface area contributed by atoms with Crippen molar-refractivity contribution >= 4 is 11.7 Å². The zero-order valence-electron chi connectivity index (χ0n) is 8.33. The molecule has 0 saturated heterocycles. The Balaban J connectivity index is 2.25. The number of halogens is 1. The molecule has 80 valence electrons. The van der Waals surface area contributed by atoms with E-state index in [1.807, 2.05) is 0 Å². The third kappa shape index (κ3) is 2.09. The van der Waals surface area contributed by atoms with Gasteiger partial charge in [-0.25, -0.2) is 9.18 Å². The molecule has 0 aliphatic heterocycles. The minimum absolute atomic E-state index is 0.00546. The van der Waals surface area contributed by atoms with Crippen LogP contribution in [0.5, 0.6) is 0 Å².